The Labute approximate surface area is 96.9 Å². The van der Waals surface area contributed by atoms with Gasteiger partial charge in [-0.3, -0.25) is 4.79 Å². The molecule has 5 heteroatoms. The summed E-state index contributed by atoms with van der Waals surface area (Å²) in [7, 11) is 0. The molecule has 0 aromatic carbocycles. The van der Waals surface area contributed by atoms with Gasteiger partial charge in [0.2, 0.25) is 0 Å². The molecule has 82 valence electrons. The average Bonchev–Trinajstić information content (AvgIpc) is 2.15. The normalized spacial score (nSPS) is 12.8. The third kappa shape index (κ3) is 3.27. The third-order valence-corrected chi connectivity index (χ3v) is 2.64. The van der Waals surface area contributed by atoms with Crippen LogP contribution < -0.4 is 0 Å². The van der Waals surface area contributed by atoms with E-state index in [1.54, 1.807) is 6.20 Å². The number of carboxylic acids is 1. The fourth-order valence-electron chi connectivity index (χ4n) is 1.38. The van der Waals surface area contributed by atoms with Crippen LogP contribution in [0.2, 0.25) is 0 Å². The lowest BCUT2D eigenvalue weighted by Crippen LogP contribution is -2.16. The number of aromatic nitrogens is 2. The van der Waals surface area contributed by atoms with Gasteiger partial charge in [-0.1, -0.05) is 13.8 Å². The summed E-state index contributed by atoms with van der Waals surface area (Å²) < 4.78 is 0.651. The zero-order valence-electron chi connectivity index (χ0n) is 8.64. The Bertz CT molecular complexity index is 355. The molecule has 4 nitrogen and oxygen atoms in total. The van der Waals surface area contributed by atoms with Gasteiger partial charge >= 0.3 is 5.97 Å². The van der Waals surface area contributed by atoms with Crippen molar-refractivity contribution in [3.63, 3.8) is 0 Å². The standard InChI is InChI=1S/C10H13BrN2O2/c1-6(2)3-7(10(14)15)9-8(11)4-12-5-13-9/h4-7H,3H2,1-2H3,(H,14,15). The second-order valence-corrected chi connectivity index (χ2v) is 4.63. The Kier molecular flexibility index (Phi) is 4.20. The Morgan fingerprint density at radius 1 is 1.60 bits per heavy atom. The maximum absolute atomic E-state index is 11.1. The number of carbonyl (C=O) groups is 1. The van der Waals surface area contributed by atoms with Crippen molar-refractivity contribution in [1.82, 2.24) is 9.97 Å². The maximum Gasteiger partial charge on any atom is 0.312 e. The molecule has 0 aliphatic rings. The van der Waals surface area contributed by atoms with E-state index in [1.165, 1.54) is 6.33 Å². The van der Waals surface area contributed by atoms with E-state index in [0.717, 1.165) is 0 Å². The molecule has 1 aromatic heterocycles. The molecule has 1 heterocycles. The van der Waals surface area contributed by atoms with Crippen LogP contribution in [-0.4, -0.2) is 21.0 Å². The molecule has 15 heavy (non-hydrogen) atoms. The zero-order valence-corrected chi connectivity index (χ0v) is 10.2. The second-order valence-electron chi connectivity index (χ2n) is 3.78. The first kappa shape index (κ1) is 12.1. The van der Waals surface area contributed by atoms with Gasteiger partial charge < -0.3 is 5.11 Å². The minimum atomic E-state index is -0.844. The number of halogens is 1. The largest absolute Gasteiger partial charge is 0.481 e. The maximum atomic E-state index is 11.1. The van der Waals surface area contributed by atoms with Gasteiger partial charge in [0.25, 0.3) is 0 Å². The number of aliphatic carboxylic acids is 1. The van der Waals surface area contributed by atoms with Crippen molar-refractivity contribution < 1.29 is 9.90 Å². The van der Waals surface area contributed by atoms with Crippen molar-refractivity contribution in [2.75, 3.05) is 0 Å². The summed E-state index contributed by atoms with van der Waals surface area (Å²) >= 11 is 3.27. The van der Waals surface area contributed by atoms with E-state index in [4.69, 9.17) is 5.11 Å². The fourth-order valence-corrected chi connectivity index (χ4v) is 1.88. The molecular weight excluding hydrogens is 260 g/mol. The molecule has 0 saturated heterocycles. The van der Waals surface area contributed by atoms with Crippen LogP contribution in [0.15, 0.2) is 17.0 Å². The highest BCUT2D eigenvalue weighted by molar-refractivity contribution is 9.10. The van der Waals surface area contributed by atoms with Gasteiger partial charge in [0.05, 0.1) is 10.2 Å². The molecule has 1 unspecified atom stereocenters. The first-order valence-corrected chi connectivity index (χ1v) is 5.50. The smallest absolute Gasteiger partial charge is 0.312 e. The zero-order chi connectivity index (χ0) is 11.4. The van der Waals surface area contributed by atoms with Crippen LogP contribution in [0.5, 0.6) is 0 Å². The van der Waals surface area contributed by atoms with Crippen LogP contribution in [0.3, 0.4) is 0 Å². The molecule has 1 N–H and O–H groups in total. The minimum Gasteiger partial charge on any atom is -0.481 e. The van der Waals surface area contributed by atoms with E-state index >= 15 is 0 Å². The fraction of sp³-hybridized carbons (Fsp3) is 0.500. The highest BCUT2D eigenvalue weighted by Crippen LogP contribution is 2.27. The van der Waals surface area contributed by atoms with Gasteiger partial charge in [-0.2, -0.15) is 0 Å². The van der Waals surface area contributed by atoms with Gasteiger partial charge in [0.15, 0.2) is 0 Å². The van der Waals surface area contributed by atoms with E-state index in [0.29, 0.717) is 22.5 Å². The summed E-state index contributed by atoms with van der Waals surface area (Å²) in [4.78, 5) is 18.9. The predicted octanol–water partition coefficient (Wildman–Crippen LogP) is 2.45. The van der Waals surface area contributed by atoms with Crippen molar-refractivity contribution in [3.8, 4) is 0 Å². The van der Waals surface area contributed by atoms with E-state index in [9.17, 15) is 4.79 Å². The minimum absolute atomic E-state index is 0.313. The SMILES string of the molecule is CC(C)CC(C(=O)O)c1ncncc1Br. The van der Waals surface area contributed by atoms with Gasteiger partial charge in [-0.25, -0.2) is 9.97 Å². The van der Waals surface area contributed by atoms with E-state index in [2.05, 4.69) is 25.9 Å². The molecular formula is C10H13BrN2O2. The molecule has 1 aromatic rings. The molecule has 0 amide bonds. The van der Waals surface area contributed by atoms with Crippen LogP contribution in [-0.2, 0) is 4.79 Å². The average molecular weight is 273 g/mol. The first-order chi connectivity index (χ1) is 7.02. The topological polar surface area (TPSA) is 63.1 Å². The van der Waals surface area contributed by atoms with Gasteiger partial charge in [-0.05, 0) is 28.3 Å². The summed E-state index contributed by atoms with van der Waals surface area (Å²) in [5.41, 5.74) is 0.547. The molecule has 0 aliphatic carbocycles. The van der Waals surface area contributed by atoms with Crippen LogP contribution in [0, 0.1) is 5.92 Å². The van der Waals surface area contributed by atoms with E-state index < -0.39 is 11.9 Å². The molecule has 0 spiro atoms. The lowest BCUT2D eigenvalue weighted by molar-refractivity contribution is -0.139. The number of hydrogen-bond donors (Lipinski definition) is 1. The van der Waals surface area contributed by atoms with Crippen molar-refractivity contribution >= 4 is 21.9 Å². The predicted molar refractivity (Wildman–Crippen MR) is 59.6 cm³/mol. The number of nitrogens with zero attached hydrogens (tertiary/aromatic N) is 2. The molecule has 0 fully saturated rings. The summed E-state index contributed by atoms with van der Waals surface area (Å²) in [6.07, 6.45) is 3.51. The number of hydrogen-bond acceptors (Lipinski definition) is 3. The van der Waals surface area contributed by atoms with Gasteiger partial charge in [-0.15, -0.1) is 0 Å². The Morgan fingerprint density at radius 2 is 2.27 bits per heavy atom. The highest BCUT2D eigenvalue weighted by Gasteiger charge is 2.24. The van der Waals surface area contributed by atoms with Crippen molar-refractivity contribution in [3.05, 3.63) is 22.7 Å². The molecule has 0 bridgehead atoms. The summed E-state index contributed by atoms with van der Waals surface area (Å²) in [5, 5.41) is 9.12. The number of carboxylic acid groups (broad SMARTS) is 1. The van der Waals surface area contributed by atoms with Crippen molar-refractivity contribution in [2.24, 2.45) is 5.92 Å². The Balaban J connectivity index is 2.99. The van der Waals surface area contributed by atoms with E-state index in [-0.39, 0.29) is 0 Å². The lowest BCUT2D eigenvalue weighted by Gasteiger charge is -2.14. The molecule has 1 rings (SSSR count). The molecule has 0 aliphatic heterocycles. The molecule has 0 radical (unpaired) electrons. The quantitative estimate of drug-likeness (QED) is 0.915. The summed E-state index contributed by atoms with van der Waals surface area (Å²) in [6.45, 7) is 3.98. The first-order valence-electron chi connectivity index (χ1n) is 4.70. The van der Waals surface area contributed by atoms with Gasteiger partial charge in [0.1, 0.15) is 12.2 Å². The van der Waals surface area contributed by atoms with E-state index in [1.807, 2.05) is 13.8 Å². The van der Waals surface area contributed by atoms with Crippen LogP contribution in [0.1, 0.15) is 31.9 Å². The van der Waals surface area contributed by atoms with Gasteiger partial charge in [0, 0.05) is 6.20 Å². The van der Waals surface area contributed by atoms with Crippen molar-refractivity contribution in [2.45, 2.75) is 26.2 Å². The molecule has 1 atom stereocenters. The van der Waals surface area contributed by atoms with Crippen LogP contribution >= 0.6 is 15.9 Å². The monoisotopic (exact) mass is 272 g/mol. The second kappa shape index (κ2) is 5.21. The van der Waals surface area contributed by atoms with Crippen LogP contribution in [0.4, 0.5) is 0 Å². The molecule has 0 saturated carbocycles. The summed E-state index contributed by atoms with van der Waals surface area (Å²) in [5.74, 6) is -1.10. The highest BCUT2D eigenvalue weighted by atomic mass is 79.9. The van der Waals surface area contributed by atoms with Crippen LogP contribution in [0.25, 0.3) is 0 Å². The third-order valence-electron chi connectivity index (χ3n) is 2.03. The van der Waals surface area contributed by atoms with Crippen molar-refractivity contribution in [1.29, 1.82) is 0 Å². The lowest BCUT2D eigenvalue weighted by atomic mass is 9.94. The Morgan fingerprint density at radius 3 is 2.73 bits per heavy atom. The Hall–Kier alpha value is -0.970. The summed E-state index contributed by atoms with van der Waals surface area (Å²) in [6, 6.07) is 0. The number of rotatable bonds is 4.